The van der Waals surface area contributed by atoms with Gasteiger partial charge in [-0.05, 0) is 38.1 Å². The Bertz CT molecular complexity index is 1290. The highest BCUT2D eigenvalue weighted by molar-refractivity contribution is 5.78. The molecule has 1 saturated heterocycles. The van der Waals surface area contributed by atoms with Gasteiger partial charge in [0.1, 0.15) is 17.3 Å². The highest BCUT2D eigenvalue weighted by atomic mass is 19.1. The molecular weight excluding hydrogens is 462 g/mol. The molecule has 1 aromatic heterocycles. The Morgan fingerprint density at radius 1 is 1.06 bits per heavy atom. The Hall–Kier alpha value is -3.72. The molecule has 0 spiro atoms. The van der Waals surface area contributed by atoms with Crippen molar-refractivity contribution in [2.24, 2.45) is 0 Å². The highest BCUT2D eigenvalue weighted by Crippen LogP contribution is 2.36. The van der Waals surface area contributed by atoms with E-state index in [1.807, 2.05) is 38.1 Å². The number of nitrogens with one attached hydrogen (secondary N) is 2. The zero-order valence-electron chi connectivity index (χ0n) is 20.7. The average Bonchev–Trinajstić information content (AvgIpc) is 2.89. The van der Waals surface area contributed by atoms with Crippen molar-refractivity contribution in [3.8, 4) is 17.0 Å². The zero-order valence-corrected chi connectivity index (χ0v) is 20.7. The van der Waals surface area contributed by atoms with Gasteiger partial charge in [-0.1, -0.05) is 12.2 Å². The maximum atomic E-state index is 15.0. The fourth-order valence-corrected chi connectivity index (χ4v) is 4.70. The van der Waals surface area contributed by atoms with Gasteiger partial charge < -0.3 is 25.2 Å². The van der Waals surface area contributed by atoms with Crippen LogP contribution in [0.3, 0.4) is 0 Å². The summed E-state index contributed by atoms with van der Waals surface area (Å²) in [4.78, 5) is 12.9. The second kappa shape index (κ2) is 10.1. The van der Waals surface area contributed by atoms with Gasteiger partial charge in [-0.25, -0.2) is 18.7 Å². The summed E-state index contributed by atoms with van der Waals surface area (Å²) in [7, 11) is 1.64. The molecule has 0 atom stereocenters. The van der Waals surface area contributed by atoms with Crippen LogP contribution >= 0.6 is 0 Å². The van der Waals surface area contributed by atoms with Crippen LogP contribution in [0.1, 0.15) is 19.4 Å². The van der Waals surface area contributed by atoms with Crippen molar-refractivity contribution in [2.45, 2.75) is 19.9 Å². The second-order valence-electron chi connectivity index (χ2n) is 9.18. The molecule has 7 nitrogen and oxygen atoms in total. The summed E-state index contributed by atoms with van der Waals surface area (Å²) in [5.74, 6) is -0.0937. The number of hydrogen-bond donors (Lipinski definition) is 2. The zero-order chi connectivity index (χ0) is 25.2. The van der Waals surface area contributed by atoms with Crippen LogP contribution in [0.2, 0.25) is 0 Å². The van der Waals surface area contributed by atoms with E-state index in [1.54, 1.807) is 19.3 Å². The number of aromatic nitrogens is 2. The number of benzene rings is 2. The number of nitrogens with zero attached hydrogens (tertiary/aromatic N) is 4. The number of methoxy groups -OCH3 is 1. The smallest absolute Gasteiger partial charge is 0.227 e. The molecule has 2 N–H and O–H groups in total. The van der Waals surface area contributed by atoms with E-state index in [0.717, 1.165) is 49.5 Å². The van der Waals surface area contributed by atoms with Gasteiger partial charge in [0, 0.05) is 67.3 Å². The predicted molar refractivity (Wildman–Crippen MR) is 140 cm³/mol. The van der Waals surface area contributed by atoms with Crippen molar-refractivity contribution < 1.29 is 13.5 Å². The van der Waals surface area contributed by atoms with E-state index in [4.69, 9.17) is 4.74 Å². The molecule has 2 aliphatic heterocycles. The molecule has 3 heterocycles. The lowest BCUT2D eigenvalue weighted by Crippen LogP contribution is -2.43. The Balaban J connectivity index is 1.45. The summed E-state index contributed by atoms with van der Waals surface area (Å²) in [6, 6.07) is 9.06. The minimum atomic E-state index is -0.617. The Morgan fingerprint density at radius 3 is 2.61 bits per heavy atom. The molecular formula is C27H30F2N6O. The summed E-state index contributed by atoms with van der Waals surface area (Å²) in [6.07, 6.45) is 4.81. The third-order valence-electron chi connectivity index (χ3n) is 6.54. The molecule has 3 aromatic rings. The van der Waals surface area contributed by atoms with E-state index in [0.29, 0.717) is 23.4 Å². The number of rotatable bonds is 6. The van der Waals surface area contributed by atoms with Gasteiger partial charge in [0.25, 0.3) is 0 Å². The van der Waals surface area contributed by atoms with Crippen LogP contribution in [-0.2, 0) is 0 Å². The molecule has 0 radical (unpaired) electrons. The molecule has 1 fully saturated rings. The molecule has 0 bridgehead atoms. The van der Waals surface area contributed by atoms with Crippen LogP contribution in [0.5, 0.6) is 5.75 Å². The van der Waals surface area contributed by atoms with Crippen LogP contribution < -0.4 is 25.2 Å². The molecule has 0 saturated carbocycles. The van der Waals surface area contributed by atoms with E-state index in [2.05, 4.69) is 30.4 Å². The largest absolute Gasteiger partial charge is 0.495 e. The fourth-order valence-electron chi connectivity index (χ4n) is 4.70. The van der Waals surface area contributed by atoms with E-state index < -0.39 is 11.6 Å². The minimum Gasteiger partial charge on any atom is -0.495 e. The lowest BCUT2D eigenvalue weighted by Gasteiger charge is -2.32. The summed E-state index contributed by atoms with van der Waals surface area (Å²) < 4.78 is 35.5. The third-order valence-corrected chi connectivity index (χ3v) is 6.54. The number of halogens is 2. The van der Waals surface area contributed by atoms with Crippen molar-refractivity contribution in [3.63, 3.8) is 0 Å². The van der Waals surface area contributed by atoms with Gasteiger partial charge in [0.05, 0.1) is 19.0 Å². The van der Waals surface area contributed by atoms with Gasteiger partial charge in [0.2, 0.25) is 5.95 Å². The van der Waals surface area contributed by atoms with Crippen LogP contribution in [0, 0.1) is 11.6 Å². The van der Waals surface area contributed by atoms with Crippen molar-refractivity contribution in [3.05, 3.63) is 59.8 Å². The molecule has 0 unspecified atom stereocenters. The first-order valence-corrected chi connectivity index (χ1v) is 12.1. The maximum absolute atomic E-state index is 15.0. The summed E-state index contributed by atoms with van der Waals surface area (Å²) in [5, 5.41) is 6.48. The number of anilines is 4. The number of fused-ring (bicyclic) bond motifs is 1. The van der Waals surface area contributed by atoms with Crippen molar-refractivity contribution >= 4 is 29.1 Å². The standard InChI is InChI=1S/C27H30F2N6O/c1-17(2)35-10-4-5-20-21(28)13-18(14-24(20)35)26-22(29)16-31-27(33-26)32-19-6-7-23(25(15-19)36-3)34-11-8-30-9-12-34/h4-7,13-17,30H,8-12H2,1-3H3,(H,31,32,33). The van der Waals surface area contributed by atoms with Crippen LogP contribution in [0.4, 0.5) is 31.8 Å². The van der Waals surface area contributed by atoms with E-state index >= 15 is 4.39 Å². The molecule has 2 aromatic carbocycles. The monoisotopic (exact) mass is 492 g/mol. The van der Waals surface area contributed by atoms with E-state index in [9.17, 15) is 4.39 Å². The highest BCUT2D eigenvalue weighted by Gasteiger charge is 2.22. The minimum absolute atomic E-state index is 0.0388. The third kappa shape index (κ3) is 4.70. The van der Waals surface area contributed by atoms with Gasteiger partial charge in [-0.2, -0.15) is 0 Å². The molecule has 5 rings (SSSR count). The van der Waals surface area contributed by atoms with Gasteiger partial charge in [-0.15, -0.1) is 0 Å². The van der Waals surface area contributed by atoms with Gasteiger partial charge in [0.15, 0.2) is 5.82 Å². The lowest BCUT2D eigenvalue weighted by atomic mass is 10.0. The summed E-state index contributed by atoms with van der Waals surface area (Å²) in [6.45, 7) is 8.39. The van der Waals surface area contributed by atoms with Crippen LogP contribution in [-0.4, -0.2) is 55.8 Å². The first-order valence-electron chi connectivity index (χ1n) is 12.1. The number of piperazine rings is 1. The SMILES string of the molecule is COc1cc(Nc2ncc(F)c(-c3cc(F)c4c(c3)N(C(C)C)CC=C4)n2)ccc1N1CCNCC1. The van der Waals surface area contributed by atoms with Crippen molar-refractivity contribution in [1.29, 1.82) is 0 Å². The first kappa shape index (κ1) is 24.0. The average molecular weight is 493 g/mol. The Labute approximate surface area is 209 Å². The Morgan fingerprint density at radius 2 is 1.86 bits per heavy atom. The van der Waals surface area contributed by atoms with E-state index in [1.165, 1.54) is 6.07 Å². The lowest BCUT2D eigenvalue weighted by molar-refractivity contribution is 0.413. The van der Waals surface area contributed by atoms with Gasteiger partial charge in [-0.3, -0.25) is 0 Å². The predicted octanol–water partition coefficient (Wildman–Crippen LogP) is 4.83. The van der Waals surface area contributed by atoms with Crippen molar-refractivity contribution in [1.82, 2.24) is 15.3 Å². The normalized spacial score (nSPS) is 15.3. The number of hydrogen-bond acceptors (Lipinski definition) is 7. The Kier molecular flexibility index (Phi) is 6.73. The van der Waals surface area contributed by atoms with Gasteiger partial charge >= 0.3 is 0 Å². The second-order valence-corrected chi connectivity index (χ2v) is 9.18. The maximum Gasteiger partial charge on any atom is 0.227 e. The molecule has 36 heavy (non-hydrogen) atoms. The first-order chi connectivity index (χ1) is 17.4. The molecule has 188 valence electrons. The topological polar surface area (TPSA) is 65.5 Å². The fraction of sp³-hybridized carbons (Fsp3) is 0.333. The number of ether oxygens (including phenoxy) is 1. The molecule has 9 heteroatoms. The molecule has 0 amide bonds. The quantitative estimate of drug-likeness (QED) is 0.511. The van der Waals surface area contributed by atoms with Crippen LogP contribution in [0.15, 0.2) is 42.6 Å². The molecule has 0 aliphatic carbocycles. The van der Waals surface area contributed by atoms with E-state index in [-0.39, 0.29) is 17.7 Å². The molecule has 2 aliphatic rings. The van der Waals surface area contributed by atoms with Crippen LogP contribution in [0.25, 0.3) is 17.3 Å². The summed E-state index contributed by atoms with van der Waals surface area (Å²) >= 11 is 0. The van der Waals surface area contributed by atoms with Crippen molar-refractivity contribution in [2.75, 3.05) is 55.0 Å². The summed E-state index contributed by atoms with van der Waals surface area (Å²) in [5.41, 5.74) is 3.35.